The Bertz CT molecular complexity index is 85.2. The molecule has 9 heavy (non-hydrogen) atoms. The summed E-state index contributed by atoms with van der Waals surface area (Å²) in [5.41, 5.74) is 0.358. The van der Waals surface area contributed by atoms with Crippen LogP contribution in [0.3, 0.4) is 0 Å². The SMILES string of the molecule is CC(C)(C)[C@@H]1CCCO1. The zero-order valence-electron chi connectivity index (χ0n) is 6.61. The van der Waals surface area contributed by atoms with E-state index in [0.717, 1.165) is 6.61 Å². The average Bonchev–Trinajstić information content (AvgIpc) is 2.08. The highest BCUT2D eigenvalue weighted by Gasteiger charge is 2.27. The van der Waals surface area contributed by atoms with Crippen molar-refractivity contribution in [2.45, 2.75) is 39.7 Å². The van der Waals surface area contributed by atoms with E-state index < -0.39 is 0 Å². The molecule has 0 radical (unpaired) electrons. The lowest BCUT2D eigenvalue weighted by Gasteiger charge is -2.25. The van der Waals surface area contributed by atoms with Gasteiger partial charge in [0.15, 0.2) is 0 Å². The number of rotatable bonds is 0. The van der Waals surface area contributed by atoms with E-state index in [0.29, 0.717) is 11.5 Å². The van der Waals surface area contributed by atoms with Crippen LogP contribution in [0.15, 0.2) is 0 Å². The highest BCUT2D eigenvalue weighted by molar-refractivity contribution is 4.77. The molecule has 0 spiro atoms. The first-order valence-corrected chi connectivity index (χ1v) is 3.72. The Morgan fingerprint density at radius 1 is 1.33 bits per heavy atom. The fourth-order valence-corrected chi connectivity index (χ4v) is 1.26. The second kappa shape index (κ2) is 2.30. The van der Waals surface area contributed by atoms with Crippen molar-refractivity contribution >= 4 is 0 Å². The van der Waals surface area contributed by atoms with Crippen molar-refractivity contribution in [2.24, 2.45) is 5.41 Å². The number of hydrogen-bond donors (Lipinski definition) is 0. The summed E-state index contributed by atoms with van der Waals surface area (Å²) in [5, 5.41) is 0. The van der Waals surface area contributed by atoms with Gasteiger partial charge in [-0.05, 0) is 18.3 Å². The van der Waals surface area contributed by atoms with E-state index in [1.807, 2.05) is 0 Å². The van der Waals surface area contributed by atoms with Crippen LogP contribution >= 0.6 is 0 Å². The molecule has 0 aromatic rings. The lowest BCUT2D eigenvalue weighted by molar-refractivity contribution is 0.0290. The molecule has 0 aromatic heterocycles. The maximum absolute atomic E-state index is 5.52. The smallest absolute Gasteiger partial charge is 0.0624 e. The Morgan fingerprint density at radius 2 is 2.00 bits per heavy atom. The van der Waals surface area contributed by atoms with Crippen molar-refractivity contribution in [3.63, 3.8) is 0 Å². The number of ether oxygens (including phenoxy) is 1. The van der Waals surface area contributed by atoms with Gasteiger partial charge in [-0.3, -0.25) is 0 Å². The highest BCUT2D eigenvalue weighted by Crippen LogP contribution is 2.29. The Morgan fingerprint density at radius 3 is 2.22 bits per heavy atom. The molecule has 1 aliphatic rings. The van der Waals surface area contributed by atoms with E-state index in [4.69, 9.17) is 4.74 Å². The van der Waals surface area contributed by atoms with E-state index in [2.05, 4.69) is 20.8 Å². The van der Waals surface area contributed by atoms with Crippen LogP contribution in [-0.2, 0) is 4.74 Å². The van der Waals surface area contributed by atoms with Crippen LogP contribution in [0.4, 0.5) is 0 Å². The van der Waals surface area contributed by atoms with Crippen LogP contribution < -0.4 is 0 Å². The summed E-state index contributed by atoms with van der Waals surface area (Å²) in [6, 6.07) is 0. The summed E-state index contributed by atoms with van der Waals surface area (Å²) in [7, 11) is 0. The summed E-state index contributed by atoms with van der Waals surface area (Å²) >= 11 is 0. The molecule has 0 bridgehead atoms. The third-order valence-corrected chi connectivity index (χ3v) is 1.90. The maximum atomic E-state index is 5.52. The molecule has 1 saturated heterocycles. The van der Waals surface area contributed by atoms with Crippen molar-refractivity contribution < 1.29 is 4.74 Å². The molecule has 1 nitrogen and oxygen atoms in total. The molecule has 0 aromatic carbocycles. The summed E-state index contributed by atoms with van der Waals surface area (Å²) in [5.74, 6) is 0. The molecular formula is C8H16O. The van der Waals surface area contributed by atoms with E-state index in [1.165, 1.54) is 12.8 Å². The normalized spacial score (nSPS) is 29.0. The van der Waals surface area contributed by atoms with Gasteiger partial charge >= 0.3 is 0 Å². The van der Waals surface area contributed by atoms with Gasteiger partial charge in [0.2, 0.25) is 0 Å². The van der Waals surface area contributed by atoms with Crippen LogP contribution in [0.2, 0.25) is 0 Å². The van der Waals surface area contributed by atoms with Crippen molar-refractivity contribution in [3.8, 4) is 0 Å². The molecule has 1 aliphatic heterocycles. The van der Waals surface area contributed by atoms with Gasteiger partial charge in [-0.1, -0.05) is 20.8 Å². The maximum Gasteiger partial charge on any atom is 0.0624 e. The van der Waals surface area contributed by atoms with Gasteiger partial charge in [-0.25, -0.2) is 0 Å². The third-order valence-electron chi connectivity index (χ3n) is 1.90. The Balaban J connectivity index is 2.42. The summed E-state index contributed by atoms with van der Waals surface area (Å²) in [6.45, 7) is 7.69. The third kappa shape index (κ3) is 1.68. The lowest BCUT2D eigenvalue weighted by Crippen LogP contribution is -2.24. The lowest BCUT2D eigenvalue weighted by atomic mass is 9.88. The summed E-state index contributed by atoms with van der Waals surface area (Å²) in [6.07, 6.45) is 3.02. The van der Waals surface area contributed by atoms with Crippen molar-refractivity contribution in [2.75, 3.05) is 6.61 Å². The second-order valence-corrected chi connectivity index (χ2v) is 3.87. The standard InChI is InChI=1S/C8H16O/c1-8(2,3)7-5-4-6-9-7/h7H,4-6H2,1-3H3/t7-/m0/s1. The minimum atomic E-state index is 0.358. The highest BCUT2D eigenvalue weighted by atomic mass is 16.5. The van der Waals surface area contributed by atoms with Crippen LogP contribution in [0.1, 0.15) is 33.6 Å². The van der Waals surface area contributed by atoms with Gasteiger partial charge in [-0.15, -0.1) is 0 Å². The van der Waals surface area contributed by atoms with Gasteiger partial charge in [0.05, 0.1) is 6.10 Å². The van der Waals surface area contributed by atoms with Gasteiger partial charge in [0.1, 0.15) is 0 Å². The Hall–Kier alpha value is -0.0400. The largest absolute Gasteiger partial charge is 0.378 e. The fraction of sp³-hybridized carbons (Fsp3) is 1.00. The summed E-state index contributed by atoms with van der Waals surface area (Å²) in [4.78, 5) is 0. The number of hydrogen-bond acceptors (Lipinski definition) is 1. The van der Waals surface area contributed by atoms with Crippen LogP contribution in [0, 0.1) is 5.41 Å². The van der Waals surface area contributed by atoms with Crippen LogP contribution in [-0.4, -0.2) is 12.7 Å². The molecule has 1 rings (SSSR count). The average molecular weight is 128 g/mol. The molecule has 1 heterocycles. The van der Waals surface area contributed by atoms with Gasteiger partial charge in [-0.2, -0.15) is 0 Å². The van der Waals surface area contributed by atoms with E-state index in [-0.39, 0.29) is 0 Å². The molecular weight excluding hydrogens is 112 g/mol. The van der Waals surface area contributed by atoms with Crippen molar-refractivity contribution in [1.29, 1.82) is 0 Å². The fourth-order valence-electron chi connectivity index (χ4n) is 1.26. The second-order valence-electron chi connectivity index (χ2n) is 3.87. The predicted molar refractivity (Wildman–Crippen MR) is 38.4 cm³/mol. The van der Waals surface area contributed by atoms with Crippen molar-refractivity contribution in [3.05, 3.63) is 0 Å². The minimum absolute atomic E-state index is 0.358. The molecule has 0 amide bonds. The topological polar surface area (TPSA) is 9.23 Å². The van der Waals surface area contributed by atoms with E-state index in [9.17, 15) is 0 Å². The van der Waals surface area contributed by atoms with Crippen molar-refractivity contribution in [1.82, 2.24) is 0 Å². The molecule has 1 fully saturated rings. The molecule has 1 atom stereocenters. The first kappa shape index (κ1) is 7.07. The van der Waals surface area contributed by atoms with Gasteiger partial charge in [0.25, 0.3) is 0 Å². The Kier molecular flexibility index (Phi) is 1.80. The molecule has 0 unspecified atom stereocenters. The van der Waals surface area contributed by atoms with E-state index in [1.54, 1.807) is 0 Å². The molecule has 1 heteroatoms. The minimum Gasteiger partial charge on any atom is -0.378 e. The van der Waals surface area contributed by atoms with Gasteiger partial charge in [0, 0.05) is 6.61 Å². The van der Waals surface area contributed by atoms with Crippen LogP contribution in [0.5, 0.6) is 0 Å². The van der Waals surface area contributed by atoms with E-state index >= 15 is 0 Å². The predicted octanol–water partition coefficient (Wildman–Crippen LogP) is 2.21. The quantitative estimate of drug-likeness (QED) is 0.486. The monoisotopic (exact) mass is 128 g/mol. The zero-order chi connectivity index (χ0) is 6.91. The molecule has 0 N–H and O–H groups in total. The molecule has 54 valence electrons. The summed E-state index contributed by atoms with van der Waals surface area (Å²) < 4.78 is 5.52. The first-order chi connectivity index (χ1) is 4.11. The van der Waals surface area contributed by atoms with Gasteiger partial charge < -0.3 is 4.74 Å². The molecule has 0 aliphatic carbocycles. The van der Waals surface area contributed by atoms with Crippen LogP contribution in [0.25, 0.3) is 0 Å². The Labute approximate surface area is 57.4 Å². The molecule has 0 saturated carbocycles. The first-order valence-electron chi connectivity index (χ1n) is 3.72. The zero-order valence-corrected chi connectivity index (χ0v) is 6.61.